The second-order valence-corrected chi connectivity index (χ2v) is 36.9. The van der Waals surface area contributed by atoms with Crippen molar-refractivity contribution in [1.29, 1.82) is 0 Å². The Morgan fingerprint density at radius 1 is 0.728 bits per heavy atom. The molecule has 2 bridgehead atoms. The van der Waals surface area contributed by atoms with Gasteiger partial charge in [0, 0.05) is 168 Å². The molecule has 1 saturated carbocycles. The molecule has 14 atom stereocenters. The maximum Gasteiger partial charge on any atom is 0.326 e. The maximum atomic E-state index is 16.5. The lowest BCUT2D eigenvalue weighted by molar-refractivity contribution is -0.142. The molecular formula is C85H132N22O16S2. The van der Waals surface area contributed by atoms with E-state index in [1.54, 1.807) is 35.2 Å². The summed E-state index contributed by atoms with van der Waals surface area (Å²) in [5.41, 5.74) is 32.3. The second kappa shape index (κ2) is 53.0. The number of amides is 9. The van der Waals surface area contributed by atoms with Gasteiger partial charge in [0.05, 0.1) is 49.4 Å². The first-order valence-corrected chi connectivity index (χ1v) is 47.0. The first-order valence-electron chi connectivity index (χ1n) is 44.5. The maximum absolute atomic E-state index is 16.5. The molecular weight excluding hydrogens is 1650 g/mol. The summed E-state index contributed by atoms with van der Waals surface area (Å²) < 4.78 is 0. The molecule has 6 fully saturated rings. The molecule has 1 aromatic carbocycles. The highest BCUT2D eigenvalue weighted by Crippen LogP contribution is 2.36. The van der Waals surface area contributed by atoms with Crippen LogP contribution in [0.25, 0.3) is 10.4 Å². The molecule has 1 aromatic heterocycles. The van der Waals surface area contributed by atoms with Crippen molar-refractivity contribution < 1.29 is 77.3 Å². The van der Waals surface area contributed by atoms with Crippen molar-refractivity contribution in [3.05, 3.63) is 64.6 Å². The van der Waals surface area contributed by atoms with Crippen molar-refractivity contribution in [3.63, 3.8) is 0 Å². The number of carbonyl (C=O) groups is 14. The number of aliphatic hydroxyl groups is 1. The molecule has 5 saturated heterocycles. The molecule has 0 spiro atoms. The Kier molecular flexibility index (Phi) is 42.7. The number of hydrogen-bond donors (Lipinski definition) is 14. The average molecular weight is 1780 g/mol. The molecule has 1 aliphatic carbocycles. The van der Waals surface area contributed by atoms with Gasteiger partial charge >= 0.3 is 5.97 Å². The lowest BCUT2D eigenvalue weighted by Gasteiger charge is -2.40. The SMILES string of the molecule is CC(C)C[C@H](CC(=O)[C@H](CCCN=C(N)N)NC(=O)[C@@H]1CCCN1C(=O)[C@H](CCCN=C(N)N)NC(=O)[C@@H]1CCC(=O)C1)C(=O)N[C@H]1CSSCC(C(=O)N[C@@H](Cc2ccccc2)C(=O)O)CC(=O)[C@@H]2CCCC(C1=O)[C@@H](Cc1cnc[nH]1)C(=O)N[C@@H](CCCCNC(=O)CN1CCN(C(=O)CCCCCN=[N+]=[N-])CC1CO)C(=O)NCCN1CCC[C@H]1CC2. The number of H-pyrrole nitrogens is 1. The first kappa shape index (κ1) is 101. The van der Waals surface area contributed by atoms with Gasteiger partial charge < -0.3 is 85.1 Å². The van der Waals surface area contributed by atoms with Crippen molar-refractivity contribution in [1.82, 2.24) is 66.8 Å². The molecule has 2 aromatic rings. The van der Waals surface area contributed by atoms with Gasteiger partial charge in [0.1, 0.15) is 35.7 Å². The minimum atomic E-state index is -1.44. The largest absolute Gasteiger partial charge is 0.480 e. The van der Waals surface area contributed by atoms with E-state index in [4.69, 9.17) is 28.5 Å². The Morgan fingerprint density at radius 2 is 1.45 bits per heavy atom. The normalized spacial score (nSPS) is 23.7. The van der Waals surface area contributed by atoms with Crippen LogP contribution in [0.1, 0.15) is 192 Å². The molecule has 125 heavy (non-hydrogen) atoms. The molecule has 9 amide bonds. The molecule has 40 heteroatoms. The minimum Gasteiger partial charge on any atom is -0.480 e. The Labute approximate surface area is 738 Å². The van der Waals surface area contributed by atoms with Crippen molar-refractivity contribution in [2.45, 2.75) is 242 Å². The third-order valence-corrected chi connectivity index (χ3v) is 27.0. The molecule has 690 valence electrons. The van der Waals surface area contributed by atoms with Crippen molar-refractivity contribution in [3.8, 4) is 0 Å². The quantitative estimate of drug-likeness (QED) is 0.00864. The van der Waals surface area contributed by atoms with Gasteiger partial charge in [0.2, 0.25) is 53.2 Å². The summed E-state index contributed by atoms with van der Waals surface area (Å²) in [6.07, 6.45) is 9.81. The third kappa shape index (κ3) is 33.5. The number of aromatic nitrogens is 2. The number of azide groups is 1. The number of carboxylic acids is 1. The van der Waals surface area contributed by atoms with Gasteiger partial charge in [-0.2, -0.15) is 0 Å². The van der Waals surface area contributed by atoms with E-state index in [-0.39, 0.29) is 207 Å². The number of benzene rings is 1. The van der Waals surface area contributed by atoms with E-state index < -0.39 is 143 Å². The van der Waals surface area contributed by atoms with Crippen LogP contribution in [0.3, 0.4) is 0 Å². The number of carbonyl (C=O) groups excluding carboxylic acids is 13. The Bertz CT molecular complexity index is 4040. The summed E-state index contributed by atoms with van der Waals surface area (Å²) in [5, 5.41) is 45.1. The van der Waals surface area contributed by atoms with E-state index in [2.05, 4.69) is 72.1 Å². The topological polar surface area (TPSA) is 583 Å². The smallest absolute Gasteiger partial charge is 0.326 e. The number of fused-ring (bicyclic) bond motifs is 5. The lowest BCUT2D eigenvalue weighted by Crippen LogP contribution is -2.58. The predicted octanol–water partition coefficient (Wildman–Crippen LogP) is 2.39. The molecule has 3 unspecified atom stereocenters. The predicted molar refractivity (Wildman–Crippen MR) is 472 cm³/mol. The van der Waals surface area contributed by atoms with Crippen LogP contribution in [0.5, 0.6) is 0 Å². The van der Waals surface area contributed by atoms with Crippen LogP contribution in [0.2, 0.25) is 0 Å². The highest BCUT2D eigenvalue weighted by molar-refractivity contribution is 8.76. The fourth-order valence-corrected chi connectivity index (χ4v) is 20.2. The number of unbranched alkanes of at least 4 members (excludes halogenated alkanes) is 3. The standard InChI is InChI=1S/C85H132N22O16S2/c1-53(2)40-57(43-72(111)65(22-12-31-94-84(86)87)98-81(120)70-24-15-36-107(70)82(121)67(23-13-32-95-85(88)89)100-76(115)56-27-29-62(109)42-56)77(116)102-69-51-125-124-50-58(78(117)101-68(83(122)123)41-54-16-5-3-6-17-54)44-71(110)55-18-11-20-63(75(69)114)64(45-59-46-91-52-96-59)79(118)99-66(80(119)93-34-37-104-35-14-19-60(104)28-26-55)21-8-10-30-92-73(112)48-105-38-39-106(47-61(105)49-108)74(113)25-7-4-9-33-97-103-90/h3,5-6,16-17,46,52-53,55-58,60-61,63-70,108H,4,7-15,18-45,47-51H2,1-2H3,(H,91,96)(H,92,112)(H,93,119)(H,98,120)(H,99,118)(H,100,115)(H,101,117)(H,102,116)(H,122,123)(H4,86,87,94)(H4,88,89,95)/t55-,56-,57-,58?,60+,61?,63?,64-,65+,66+,67+,68+,69+,70+/m1/s1. The number of nitrogens with zero attached hydrogens (tertiary/aromatic N) is 10. The van der Waals surface area contributed by atoms with Crippen LogP contribution in [0.15, 0.2) is 58.0 Å². The summed E-state index contributed by atoms with van der Waals surface area (Å²) >= 11 is 0. The molecule has 8 rings (SSSR count). The number of aromatic amines is 1. The van der Waals surface area contributed by atoms with E-state index in [1.165, 1.54) is 17.4 Å². The molecule has 6 heterocycles. The molecule has 5 aliphatic heterocycles. The van der Waals surface area contributed by atoms with Crippen LogP contribution in [0.4, 0.5) is 0 Å². The molecule has 0 radical (unpaired) electrons. The number of aliphatic hydroxyl groups excluding tert-OH is 1. The number of piperazine rings is 1. The molecule has 38 nitrogen and oxygen atoms in total. The summed E-state index contributed by atoms with van der Waals surface area (Å²) in [6.45, 7) is 6.52. The molecule has 18 N–H and O–H groups in total. The van der Waals surface area contributed by atoms with Crippen LogP contribution in [-0.2, 0) is 80.0 Å². The fourth-order valence-electron chi connectivity index (χ4n) is 17.7. The number of imidazole rings is 1. The number of nitrogens with one attached hydrogen (secondary N) is 8. The fraction of sp³-hybridized carbons (Fsp3) is 0.706. The number of rotatable bonds is 41. The van der Waals surface area contributed by atoms with E-state index in [0.717, 1.165) is 47.4 Å². The van der Waals surface area contributed by atoms with Gasteiger partial charge in [-0.15, -0.1) is 0 Å². The van der Waals surface area contributed by atoms with Crippen molar-refractivity contribution >= 4 is 116 Å². The number of aliphatic carboxylic acids is 1. The average Bonchev–Trinajstić information content (AvgIpc) is 1.81. The number of ketones is 4. The van der Waals surface area contributed by atoms with Crippen LogP contribution in [0, 0.1) is 41.4 Å². The highest BCUT2D eigenvalue weighted by atomic mass is 33.1. The summed E-state index contributed by atoms with van der Waals surface area (Å²) in [7, 11) is 2.25. The number of Topliss-reactive ketones (excluding diaryl/α,β-unsaturated/α-hetero) is 4. The summed E-state index contributed by atoms with van der Waals surface area (Å²) in [4.78, 5) is 229. The lowest BCUT2D eigenvalue weighted by atomic mass is 9.77. The Hall–Kier alpha value is -9.76. The van der Waals surface area contributed by atoms with Crippen molar-refractivity contribution in [2.75, 3.05) is 96.6 Å². The van der Waals surface area contributed by atoms with Gasteiger partial charge in [-0.25, -0.2) is 9.78 Å². The highest BCUT2D eigenvalue weighted by Gasteiger charge is 2.45. The number of likely N-dealkylation sites (tertiary alicyclic amines) is 1. The first-order chi connectivity index (χ1) is 60.1. The van der Waals surface area contributed by atoms with E-state index in [1.807, 2.05) is 18.7 Å². The van der Waals surface area contributed by atoms with Crippen LogP contribution < -0.4 is 60.2 Å². The zero-order valence-corrected chi connectivity index (χ0v) is 73.9. The number of nitrogens with two attached hydrogens (primary N) is 4. The Morgan fingerprint density at radius 3 is 2.14 bits per heavy atom. The van der Waals surface area contributed by atoms with Crippen LogP contribution >= 0.6 is 21.6 Å². The molecule has 6 aliphatic rings. The second-order valence-electron chi connectivity index (χ2n) is 34.3. The van der Waals surface area contributed by atoms with E-state index in [0.29, 0.717) is 95.2 Å². The van der Waals surface area contributed by atoms with E-state index >= 15 is 24.0 Å². The zero-order chi connectivity index (χ0) is 90.3. The van der Waals surface area contributed by atoms with Gasteiger partial charge in [-0.3, -0.25) is 82.1 Å². The number of aliphatic imine (C=N–C) groups is 2. The number of guanidine groups is 2. The Balaban J connectivity index is 1.08. The summed E-state index contributed by atoms with van der Waals surface area (Å²) in [6, 6.07) is 0.825. The summed E-state index contributed by atoms with van der Waals surface area (Å²) in [5.74, 6) is -14.4. The monoisotopic (exact) mass is 1780 g/mol. The minimum absolute atomic E-state index is 0.00772. The van der Waals surface area contributed by atoms with Gasteiger partial charge in [-0.1, -0.05) is 83.7 Å². The number of hydrogen-bond acceptors (Lipinski definition) is 23. The van der Waals surface area contributed by atoms with E-state index in [9.17, 15) is 53.4 Å². The third-order valence-electron chi connectivity index (χ3n) is 24.6. The number of carboxylic acid groups (broad SMARTS) is 1. The zero-order valence-electron chi connectivity index (χ0n) is 72.3. The van der Waals surface area contributed by atoms with Crippen molar-refractivity contribution in [2.24, 2.45) is 79.5 Å². The van der Waals surface area contributed by atoms with Gasteiger partial charge in [0.25, 0.3) is 0 Å². The van der Waals surface area contributed by atoms with Gasteiger partial charge in [0.15, 0.2) is 23.5 Å². The van der Waals surface area contributed by atoms with Gasteiger partial charge in [-0.05, 0) is 146 Å². The van der Waals surface area contributed by atoms with Crippen LogP contribution in [-0.4, -0.2) is 279 Å².